The van der Waals surface area contributed by atoms with E-state index in [4.69, 9.17) is 4.42 Å². The van der Waals surface area contributed by atoms with E-state index in [9.17, 15) is 13.8 Å². The largest absolute Gasteiger partial charge is 0.468 e. The Hall–Kier alpha value is -2.21. The summed E-state index contributed by atoms with van der Waals surface area (Å²) in [5.74, 6) is 0.244. The highest BCUT2D eigenvalue weighted by atomic mass is 32.2. The molecular weight excluding hydrogens is 350 g/mol. The maximum atomic E-state index is 12.8. The van der Waals surface area contributed by atoms with Crippen LogP contribution in [0, 0.1) is 0 Å². The van der Waals surface area contributed by atoms with Crippen molar-refractivity contribution in [2.45, 2.75) is 50.8 Å². The van der Waals surface area contributed by atoms with Gasteiger partial charge in [-0.25, -0.2) is 0 Å². The van der Waals surface area contributed by atoms with Crippen molar-refractivity contribution in [1.82, 2.24) is 0 Å². The molecule has 1 aromatic heterocycles. The molecule has 0 spiro atoms. The standard InChI is InChI=1S/C20H23NO4S/c1-4-12-9-14(26(3)24)10-13(5-2)18(12)21-20(23)16-11-25-17-8-6-7-15(17)19(16)22/h9-11H,4-8H2,1-3H3,(H,21,23). The third-order valence-corrected chi connectivity index (χ3v) is 5.76. The van der Waals surface area contributed by atoms with E-state index < -0.39 is 16.7 Å². The molecule has 0 saturated heterocycles. The number of rotatable bonds is 5. The normalized spacial score (nSPS) is 14.1. The van der Waals surface area contributed by atoms with Crippen LogP contribution in [0.25, 0.3) is 0 Å². The number of benzene rings is 1. The van der Waals surface area contributed by atoms with Gasteiger partial charge in [0, 0.05) is 39.6 Å². The SMILES string of the molecule is CCc1cc(S(C)=O)cc(CC)c1NC(=O)c1coc2c(c1=O)CCC2. The zero-order valence-electron chi connectivity index (χ0n) is 15.3. The fraction of sp³-hybridized carbons (Fsp3) is 0.400. The van der Waals surface area contributed by atoms with Gasteiger partial charge in [-0.3, -0.25) is 13.8 Å². The Morgan fingerprint density at radius 3 is 2.42 bits per heavy atom. The maximum Gasteiger partial charge on any atom is 0.262 e. The first-order valence-electron chi connectivity index (χ1n) is 8.90. The molecule has 0 aliphatic heterocycles. The Bertz CT molecular complexity index is 920. The van der Waals surface area contributed by atoms with E-state index >= 15 is 0 Å². The number of hydrogen-bond donors (Lipinski definition) is 1. The van der Waals surface area contributed by atoms with Gasteiger partial charge < -0.3 is 9.73 Å². The van der Waals surface area contributed by atoms with E-state index in [1.54, 1.807) is 6.26 Å². The minimum Gasteiger partial charge on any atom is -0.468 e. The number of hydrogen-bond acceptors (Lipinski definition) is 4. The predicted octanol–water partition coefficient (Wildman–Crippen LogP) is 3.24. The second-order valence-electron chi connectivity index (χ2n) is 6.47. The third-order valence-electron chi connectivity index (χ3n) is 4.86. The summed E-state index contributed by atoms with van der Waals surface area (Å²) in [4.78, 5) is 26.1. The molecule has 0 fully saturated rings. The van der Waals surface area contributed by atoms with Crippen LogP contribution in [-0.4, -0.2) is 16.4 Å². The molecule has 1 amide bonds. The van der Waals surface area contributed by atoms with Crippen LogP contribution in [0.15, 0.2) is 32.5 Å². The van der Waals surface area contributed by atoms with Crippen molar-refractivity contribution in [2.75, 3.05) is 11.6 Å². The Balaban J connectivity index is 2.00. The van der Waals surface area contributed by atoms with E-state index in [0.29, 0.717) is 36.3 Å². The van der Waals surface area contributed by atoms with Gasteiger partial charge in [0.05, 0.1) is 0 Å². The van der Waals surface area contributed by atoms with Crippen molar-refractivity contribution >= 4 is 22.4 Å². The predicted molar refractivity (Wildman–Crippen MR) is 102 cm³/mol. The highest BCUT2D eigenvalue weighted by Crippen LogP contribution is 2.27. The molecule has 26 heavy (non-hydrogen) atoms. The Labute approximate surface area is 155 Å². The Kier molecular flexibility index (Phi) is 5.41. The van der Waals surface area contributed by atoms with Crippen molar-refractivity contribution in [3.8, 4) is 0 Å². The van der Waals surface area contributed by atoms with Gasteiger partial charge in [0.2, 0.25) is 5.43 Å². The molecule has 1 N–H and O–H groups in total. The summed E-state index contributed by atoms with van der Waals surface area (Å²) in [5, 5.41) is 2.90. The fourth-order valence-electron chi connectivity index (χ4n) is 3.39. The minimum absolute atomic E-state index is 0.0397. The van der Waals surface area contributed by atoms with Crippen LogP contribution >= 0.6 is 0 Å². The van der Waals surface area contributed by atoms with E-state index in [2.05, 4.69) is 5.32 Å². The molecular formula is C20H23NO4S. The average Bonchev–Trinajstić information content (AvgIpc) is 3.11. The van der Waals surface area contributed by atoms with Crippen LogP contribution in [0.4, 0.5) is 5.69 Å². The molecule has 6 heteroatoms. The quantitative estimate of drug-likeness (QED) is 0.873. The zero-order valence-corrected chi connectivity index (χ0v) is 16.1. The second-order valence-corrected chi connectivity index (χ2v) is 7.85. The van der Waals surface area contributed by atoms with E-state index in [0.717, 1.165) is 28.9 Å². The fourth-order valence-corrected chi connectivity index (χ4v) is 4.01. The summed E-state index contributed by atoms with van der Waals surface area (Å²) in [7, 11) is -1.09. The number of aryl methyl sites for hydroxylation is 3. The molecule has 0 bridgehead atoms. The zero-order chi connectivity index (χ0) is 18.8. The maximum absolute atomic E-state index is 12.8. The lowest BCUT2D eigenvalue weighted by atomic mass is 10.0. The molecule has 0 radical (unpaired) electrons. The van der Waals surface area contributed by atoms with Crippen molar-refractivity contribution in [3.05, 3.63) is 56.6 Å². The van der Waals surface area contributed by atoms with Crippen LogP contribution in [0.3, 0.4) is 0 Å². The lowest BCUT2D eigenvalue weighted by Crippen LogP contribution is -2.24. The summed E-state index contributed by atoms with van der Waals surface area (Å²) in [6, 6.07) is 3.71. The lowest BCUT2D eigenvalue weighted by molar-refractivity contribution is 0.102. The number of nitrogens with one attached hydrogen (secondary N) is 1. The van der Waals surface area contributed by atoms with E-state index in [1.807, 2.05) is 26.0 Å². The number of anilines is 1. The molecule has 1 atom stereocenters. The van der Waals surface area contributed by atoms with Crippen LogP contribution in [0.5, 0.6) is 0 Å². The molecule has 1 unspecified atom stereocenters. The van der Waals surface area contributed by atoms with Gasteiger partial charge in [0.15, 0.2) is 0 Å². The molecule has 1 aliphatic rings. The molecule has 138 valence electrons. The minimum atomic E-state index is -1.09. The molecule has 5 nitrogen and oxygen atoms in total. The van der Waals surface area contributed by atoms with Gasteiger partial charge in [0.1, 0.15) is 17.6 Å². The number of carbonyl (C=O) groups excluding carboxylic acids is 1. The van der Waals surface area contributed by atoms with Gasteiger partial charge in [-0.1, -0.05) is 13.8 Å². The molecule has 3 rings (SSSR count). The summed E-state index contributed by atoms with van der Waals surface area (Å²) in [6.45, 7) is 3.97. The smallest absolute Gasteiger partial charge is 0.262 e. The molecule has 1 aliphatic carbocycles. The van der Waals surface area contributed by atoms with Crippen LogP contribution in [0.2, 0.25) is 0 Å². The summed E-state index contributed by atoms with van der Waals surface area (Å²) in [6.07, 6.45) is 6.59. The molecule has 1 heterocycles. The topological polar surface area (TPSA) is 76.4 Å². The van der Waals surface area contributed by atoms with Crippen LogP contribution in [-0.2, 0) is 36.5 Å². The number of fused-ring (bicyclic) bond motifs is 1. The van der Waals surface area contributed by atoms with Crippen molar-refractivity contribution in [3.63, 3.8) is 0 Å². The lowest BCUT2D eigenvalue weighted by Gasteiger charge is -2.16. The molecule has 2 aromatic rings. The van der Waals surface area contributed by atoms with Gasteiger partial charge in [-0.15, -0.1) is 0 Å². The first-order chi connectivity index (χ1) is 12.5. The highest BCUT2D eigenvalue weighted by Gasteiger charge is 2.23. The third kappa shape index (κ3) is 3.38. The van der Waals surface area contributed by atoms with Crippen LogP contribution < -0.4 is 10.7 Å². The summed E-state index contributed by atoms with van der Waals surface area (Å²) in [5.41, 5.74) is 2.96. The van der Waals surface area contributed by atoms with E-state index in [1.165, 1.54) is 6.26 Å². The van der Waals surface area contributed by atoms with Crippen molar-refractivity contribution in [2.24, 2.45) is 0 Å². The monoisotopic (exact) mass is 373 g/mol. The molecule has 1 aromatic carbocycles. The first kappa shape index (κ1) is 18.6. The van der Waals surface area contributed by atoms with E-state index in [-0.39, 0.29) is 11.0 Å². The number of amides is 1. The van der Waals surface area contributed by atoms with Gasteiger partial charge in [-0.05, 0) is 48.9 Å². The Morgan fingerprint density at radius 1 is 1.19 bits per heavy atom. The van der Waals surface area contributed by atoms with Gasteiger partial charge >= 0.3 is 0 Å². The van der Waals surface area contributed by atoms with Crippen LogP contribution in [0.1, 0.15) is 53.1 Å². The van der Waals surface area contributed by atoms with Crippen molar-refractivity contribution in [1.29, 1.82) is 0 Å². The van der Waals surface area contributed by atoms with Gasteiger partial charge in [0.25, 0.3) is 5.91 Å². The van der Waals surface area contributed by atoms with Gasteiger partial charge in [-0.2, -0.15) is 0 Å². The molecule has 0 saturated carbocycles. The first-order valence-corrected chi connectivity index (χ1v) is 10.5. The number of carbonyl (C=O) groups is 1. The Morgan fingerprint density at radius 2 is 1.85 bits per heavy atom. The average molecular weight is 373 g/mol. The summed E-state index contributed by atoms with van der Waals surface area (Å²) >= 11 is 0. The van der Waals surface area contributed by atoms with Crippen molar-refractivity contribution < 1.29 is 13.4 Å². The second kappa shape index (κ2) is 7.58. The summed E-state index contributed by atoms with van der Waals surface area (Å²) < 4.78 is 17.4. The highest BCUT2D eigenvalue weighted by molar-refractivity contribution is 7.84.